The maximum absolute atomic E-state index is 12.4. The molecule has 186 valence electrons. The summed E-state index contributed by atoms with van der Waals surface area (Å²) in [6.07, 6.45) is 4.96. The Bertz CT molecular complexity index is 944. The van der Waals surface area contributed by atoms with Crippen molar-refractivity contribution in [3.63, 3.8) is 0 Å². The Morgan fingerprint density at radius 2 is 2.03 bits per heavy atom. The predicted molar refractivity (Wildman–Crippen MR) is 123 cm³/mol. The van der Waals surface area contributed by atoms with E-state index in [-0.39, 0.29) is 24.2 Å². The van der Waals surface area contributed by atoms with Gasteiger partial charge < -0.3 is 19.5 Å². The molecule has 1 saturated carbocycles. The number of nitrogens with one attached hydrogen (secondary N) is 1. The molecule has 34 heavy (non-hydrogen) atoms. The highest BCUT2D eigenvalue weighted by Crippen LogP contribution is 2.28. The number of halogens is 2. The summed E-state index contributed by atoms with van der Waals surface area (Å²) < 4.78 is 34.9. The fourth-order valence-corrected chi connectivity index (χ4v) is 4.97. The van der Waals surface area contributed by atoms with E-state index in [9.17, 15) is 13.6 Å². The molecule has 0 bridgehead atoms. The molecule has 7 nitrogen and oxygen atoms in total. The molecule has 3 heterocycles. The van der Waals surface area contributed by atoms with Crippen LogP contribution in [-0.2, 0) is 24.1 Å². The number of carbonyl (C=O) groups excluding carboxylic acids is 1. The monoisotopic (exact) mass is 476 g/mol. The van der Waals surface area contributed by atoms with Crippen molar-refractivity contribution < 1.29 is 22.8 Å². The minimum absolute atomic E-state index is 0.0113. The van der Waals surface area contributed by atoms with Gasteiger partial charge in [-0.05, 0) is 63.5 Å². The lowest BCUT2D eigenvalue weighted by molar-refractivity contribution is -0.121. The number of nitrogens with zero attached hydrogens (tertiary/aromatic N) is 3. The zero-order valence-electron chi connectivity index (χ0n) is 19.8. The van der Waals surface area contributed by atoms with Crippen LogP contribution in [0.2, 0.25) is 0 Å². The summed E-state index contributed by atoms with van der Waals surface area (Å²) in [4.78, 5) is 19.2. The molecule has 2 aliphatic rings. The zero-order valence-corrected chi connectivity index (χ0v) is 19.8. The van der Waals surface area contributed by atoms with Gasteiger partial charge in [0.1, 0.15) is 5.76 Å². The highest BCUT2D eigenvalue weighted by atomic mass is 19.3. The lowest BCUT2D eigenvalue weighted by Crippen LogP contribution is -2.39. The van der Waals surface area contributed by atoms with Gasteiger partial charge in [-0.25, -0.2) is 13.8 Å². The van der Waals surface area contributed by atoms with Crippen LogP contribution in [0.15, 0.2) is 22.7 Å². The zero-order chi connectivity index (χ0) is 23.9. The van der Waals surface area contributed by atoms with Gasteiger partial charge in [0.25, 0.3) is 6.43 Å². The summed E-state index contributed by atoms with van der Waals surface area (Å²) in [7, 11) is 0. The van der Waals surface area contributed by atoms with Crippen LogP contribution < -0.4 is 10.1 Å². The number of amides is 1. The summed E-state index contributed by atoms with van der Waals surface area (Å²) in [5.74, 6) is 1.70. The standard InChI is InChI=1S/C25H34F2N4O3/c1-17-14-21(30-34-17)15-24(32)28-20-5-2-18(3-6-20)8-11-31-12-9-19-4-7-25(33-16-23(26)27)29-22(19)10-13-31/h4,7,14,18,20,23H,2-3,5-6,8-13,15-16H2,1H3,(H,28,32)/t18-,20-. The fraction of sp³-hybridized carbons (Fsp3) is 0.640. The molecule has 1 fully saturated rings. The third kappa shape index (κ3) is 7.22. The number of aromatic nitrogens is 2. The van der Waals surface area contributed by atoms with Crippen LogP contribution in [0.3, 0.4) is 0 Å². The van der Waals surface area contributed by atoms with Gasteiger partial charge in [0, 0.05) is 43.4 Å². The average Bonchev–Trinajstić information content (AvgIpc) is 3.11. The molecular weight excluding hydrogens is 442 g/mol. The summed E-state index contributed by atoms with van der Waals surface area (Å²) in [6, 6.07) is 5.71. The van der Waals surface area contributed by atoms with E-state index in [4.69, 9.17) is 9.26 Å². The molecule has 2 aromatic heterocycles. The first-order valence-corrected chi connectivity index (χ1v) is 12.3. The van der Waals surface area contributed by atoms with E-state index >= 15 is 0 Å². The topological polar surface area (TPSA) is 80.5 Å². The third-order valence-electron chi connectivity index (χ3n) is 6.85. The number of ether oxygens (including phenoxy) is 1. The molecule has 1 amide bonds. The Morgan fingerprint density at radius 1 is 1.24 bits per heavy atom. The first-order chi connectivity index (χ1) is 16.4. The van der Waals surface area contributed by atoms with Gasteiger partial charge in [-0.2, -0.15) is 0 Å². The molecule has 1 N–H and O–H groups in total. The highest BCUT2D eigenvalue weighted by molar-refractivity contribution is 5.78. The quantitative estimate of drug-likeness (QED) is 0.594. The van der Waals surface area contributed by atoms with E-state index in [1.54, 1.807) is 12.1 Å². The summed E-state index contributed by atoms with van der Waals surface area (Å²) in [5, 5.41) is 7.04. The number of hydrogen-bond donors (Lipinski definition) is 1. The average molecular weight is 477 g/mol. The largest absolute Gasteiger partial charge is 0.472 e. The Hall–Kier alpha value is -2.55. The van der Waals surface area contributed by atoms with Crippen LogP contribution in [-0.4, -0.2) is 59.7 Å². The molecule has 2 aromatic rings. The fourth-order valence-electron chi connectivity index (χ4n) is 4.97. The van der Waals surface area contributed by atoms with Crippen LogP contribution in [0, 0.1) is 12.8 Å². The number of alkyl halides is 2. The molecule has 4 rings (SSSR count). The number of carbonyl (C=O) groups is 1. The number of rotatable bonds is 9. The lowest BCUT2D eigenvalue weighted by Gasteiger charge is -2.30. The van der Waals surface area contributed by atoms with Crippen molar-refractivity contribution in [1.29, 1.82) is 0 Å². The Kier molecular flexibility index (Phi) is 8.48. The van der Waals surface area contributed by atoms with Gasteiger partial charge in [0.05, 0.1) is 12.1 Å². The molecule has 0 spiro atoms. The number of hydrogen-bond acceptors (Lipinski definition) is 6. The van der Waals surface area contributed by atoms with Crippen LogP contribution in [0.5, 0.6) is 5.88 Å². The Balaban J connectivity index is 1.15. The van der Waals surface area contributed by atoms with E-state index in [0.717, 1.165) is 76.0 Å². The van der Waals surface area contributed by atoms with Crippen molar-refractivity contribution in [2.45, 2.75) is 70.8 Å². The highest BCUT2D eigenvalue weighted by Gasteiger charge is 2.24. The van der Waals surface area contributed by atoms with Crippen LogP contribution in [0.1, 0.15) is 54.8 Å². The predicted octanol–water partition coefficient (Wildman–Crippen LogP) is 3.73. The van der Waals surface area contributed by atoms with Gasteiger partial charge in [0.2, 0.25) is 11.8 Å². The second-order valence-electron chi connectivity index (χ2n) is 9.48. The Morgan fingerprint density at radius 3 is 2.76 bits per heavy atom. The molecule has 1 aliphatic heterocycles. The van der Waals surface area contributed by atoms with Crippen LogP contribution in [0.25, 0.3) is 0 Å². The smallest absolute Gasteiger partial charge is 0.272 e. The second kappa shape index (κ2) is 11.7. The Labute approximate surface area is 199 Å². The van der Waals surface area contributed by atoms with Crippen molar-refractivity contribution in [2.75, 3.05) is 26.2 Å². The first kappa shape index (κ1) is 24.6. The maximum Gasteiger partial charge on any atom is 0.272 e. The van der Waals surface area contributed by atoms with Gasteiger partial charge >= 0.3 is 0 Å². The first-order valence-electron chi connectivity index (χ1n) is 12.3. The van der Waals surface area contributed by atoms with Crippen molar-refractivity contribution in [3.8, 4) is 5.88 Å². The van der Waals surface area contributed by atoms with Gasteiger partial charge in [-0.3, -0.25) is 4.79 Å². The summed E-state index contributed by atoms with van der Waals surface area (Å²) >= 11 is 0. The molecule has 0 unspecified atom stereocenters. The molecule has 0 aromatic carbocycles. The van der Waals surface area contributed by atoms with Crippen molar-refractivity contribution in [1.82, 2.24) is 20.4 Å². The van der Waals surface area contributed by atoms with E-state index in [2.05, 4.69) is 20.4 Å². The van der Waals surface area contributed by atoms with Crippen molar-refractivity contribution in [2.24, 2.45) is 5.92 Å². The number of fused-ring (bicyclic) bond motifs is 1. The SMILES string of the molecule is Cc1cc(CC(=O)N[C@H]2CC[C@H](CCN3CCc4ccc(OCC(F)F)nc4CC3)CC2)no1. The van der Waals surface area contributed by atoms with Gasteiger partial charge in [0.15, 0.2) is 6.61 Å². The van der Waals surface area contributed by atoms with E-state index in [1.807, 2.05) is 13.0 Å². The molecule has 0 atom stereocenters. The number of aryl methyl sites for hydroxylation is 1. The maximum atomic E-state index is 12.4. The van der Waals surface area contributed by atoms with Crippen LogP contribution in [0.4, 0.5) is 8.78 Å². The molecule has 0 radical (unpaired) electrons. The van der Waals surface area contributed by atoms with Crippen molar-refractivity contribution >= 4 is 5.91 Å². The molecular formula is C25H34F2N4O3. The van der Waals surface area contributed by atoms with E-state index < -0.39 is 13.0 Å². The summed E-state index contributed by atoms with van der Waals surface area (Å²) in [6.45, 7) is 4.16. The third-order valence-corrected chi connectivity index (χ3v) is 6.85. The molecule has 1 aliphatic carbocycles. The normalized spacial score (nSPS) is 21.2. The van der Waals surface area contributed by atoms with E-state index in [1.165, 1.54) is 5.56 Å². The minimum atomic E-state index is -2.49. The summed E-state index contributed by atoms with van der Waals surface area (Å²) in [5.41, 5.74) is 2.82. The second-order valence-corrected chi connectivity index (χ2v) is 9.48. The molecule has 0 saturated heterocycles. The van der Waals surface area contributed by atoms with Crippen LogP contribution >= 0.6 is 0 Å². The number of pyridine rings is 1. The van der Waals surface area contributed by atoms with E-state index in [0.29, 0.717) is 11.6 Å². The lowest BCUT2D eigenvalue weighted by atomic mass is 9.84. The van der Waals surface area contributed by atoms with Gasteiger partial charge in [-0.15, -0.1) is 0 Å². The van der Waals surface area contributed by atoms with Crippen molar-refractivity contribution in [3.05, 3.63) is 40.9 Å². The minimum Gasteiger partial charge on any atom is -0.472 e. The molecule has 9 heteroatoms. The van der Waals surface area contributed by atoms with Gasteiger partial charge in [-0.1, -0.05) is 11.2 Å².